The molecular weight excluding hydrogens is 297 g/mol. The summed E-state index contributed by atoms with van der Waals surface area (Å²) in [6.07, 6.45) is 1.11. The molecule has 0 saturated heterocycles. The van der Waals surface area contributed by atoms with Gasteiger partial charge in [0.1, 0.15) is 6.61 Å². The van der Waals surface area contributed by atoms with Crippen LogP contribution >= 0.6 is 15.9 Å². The Hall–Kier alpha value is -0.610. The standard InChI is InChI=1S/C14H21BrFNO/c1-14(2,3)6-7-17-8-9-18-13-5-4-11(15)10-12(13)16/h4-5,10,17H,6-9H2,1-3H3. The number of rotatable bonds is 6. The third-order valence-electron chi connectivity index (χ3n) is 2.48. The van der Waals surface area contributed by atoms with Crippen molar-refractivity contribution in [1.29, 1.82) is 0 Å². The van der Waals surface area contributed by atoms with Crippen molar-refractivity contribution in [2.24, 2.45) is 5.41 Å². The Morgan fingerprint density at radius 3 is 2.61 bits per heavy atom. The number of halogens is 2. The minimum absolute atomic E-state index is 0.302. The highest BCUT2D eigenvalue weighted by Gasteiger charge is 2.08. The van der Waals surface area contributed by atoms with E-state index in [4.69, 9.17) is 4.74 Å². The van der Waals surface area contributed by atoms with Gasteiger partial charge in [-0.25, -0.2) is 4.39 Å². The van der Waals surface area contributed by atoms with Gasteiger partial charge in [-0.15, -0.1) is 0 Å². The molecule has 102 valence electrons. The first-order valence-corrected chi connectivity index (χ1v) is 6.96. The predicted octanol–water partition coefficient (Wildman–Crippen LogP) is 3.99. The van der Waals surface area contributed by atoms with E-state index in [0.29, 0.717) is 17.8 Å². The summed E-state index contributed by atoms with van der Waals surface area (Å²) in [5.74, 6) is -0.0325. The average molecular weight is 318 g/mol. The summed E-state index contributed by atoms with van der Waals surface area (Å²) in [5, 5.41) is 3.29. The number of hydrogen-bond donors (Lipinski definition) is 1. The van der Waals surface area contributed by atoms with Crippen molar-refractivity contribution < 1.29 is 9.13 Å². The third-order valence-corrected chi connectivity index (χ3v) is 2.98. The SMILES string of the molecule is CC(C)(C)CCNCCOc1ccc(Br)cc1F. The second-order valence-electron chi connectivity index (χ2n) is 5.48. The van der Waals surface area contributed by atoms with Gasteiger partial charge in [-0.05, 0) is 36.6 Å². The highest BCUT2D eigenvalue weighted by Crippen LogP contribution is 2.21. The molecule has 1 N–H and O–H groups in total. The van der Waals surface area contributed by atoms with Crippen LogP contribution in [0.1, 0.15) is 27.2 Å². The van der Waals surface area contributed by atoms with E-state index in [9.17, 15) is 4.39 Å². The molecule has 4 heteroatoms. The largest absolute Gasteiger partial charge is 0.489 e. The van der Waals surface area contributed by atoms with Crippen molar-refractivity contribution in [2.75, 3.05) is 19.7 Å². The summed E-state index contributed by atoms with van der Waals surface area (Å²) in [7, 11) is 0. The van der Waals surface area contributed by atoms with Gasteiger partial charge in [0.05, 0.1) is 0 Å². The highest BCUT2D eigenvalue weighted by atomic mass is 79.9. The molecule has 0 aliphatic carbocycles. The molecule has 0 aromatic heterocycles. The van der Waals surface area contributed by atoms with Crippen LogP contribution in [-0.2, 0) is 0 Å². The van der Waals surface area contributed by atoms with Gasteiger partial charge in [-0.1, -0.05) is 36.7 Å². The molecule has 1 aromatic carbocycles. The minimum atomic E-state index is -0.334. The predicted molar refractivity (Wildman–Crippen MR) is 76.5 cm³/mol. The van der Waals surface area contributed by atoms with Crippen LogP contribution in [0.5, 0.6) is 5.75 Å². The molecule has 0 amide bonds. The Bertz CT molecular complexity index is 377. The van der Waals surface area contributed by atoms with E-state index >= 15 is 0 Å². The van der Waals surface area contributed by atoms with E-state index in [-0.39, 0.29) is 5.82 Å². The molecule has 0 spiro atoms. The quantitative estimate of drug-likeness (QED) is 0.801. The van der Waals surface area contributed by atoms with Crippen LogP contribution in [0.15, 0.2) is 22.7 Å². The van der Waals surface area contributed by atoms with Crippen LogP contribution in [-0.4, -0.2) is 19.7 Å². The van der Waals surface area contributed by atoms with Gasteiger partial charge in [0.15, 0.2) is 11.6 Å². The number of nitrogens with one attached hydrogen (secondary N) is 1. The van der Waals surface area contributed by atoms with Crippen LogP contribution in [0.4, 0.5) is 4.39 Å². The number of ether oxygens (including phenoxy) is 1. The Balaban J connectivity index is 2.18. The Labute approximate surface area is 117 Å². The van der Waals surface area contributed by atoms with Crippen molar-refractivity contribution >= 4 is 15.9 Å². The van der Waals surface area contributed by atoms with Crippen molar-refractivity contribution in [2.45, 2.75) is 27.2 Å². The van der Waals surface area contributed by atoms with Crippen LogP contribution in [0, 0.1) is 11.2 Å². The average Bonchev–Trinajstić information content (AvgIpc) is 2.24. The second-order valence-corrected chi connectivity index (χ2v) is 6.40. The molecule has 0 heterocycles. The Morgan fingerprint density at radius 1 is 1.28 bits per heavy atom. The fourth-order valence-corrected chi connectivity index (χ4v) is 1.75. The fourth-order valence-electron chi connectivity index (χ4n) is 1.41. The van der Waals surface area contributed by atoms with Gasteiger partial charge in [0, 0.05) is 11.0 Å². The van der Waals surface area contributed by atoms with E-state index in [0.717, 1.165) is 24.0 Å². The maximum absolute atomic E-state index is 13.4. The lowest BCUT2D eigenvalue weighted by Gasteiger charge is -2.18. The summed E-state index contributed by atoms with van der Waals surface area (Å²) in [5.41, 5.74) is 0.339. The van der Waals surface area contributed by atoms with Crippen molar-refractivity contribution in [3.63, 3.8) is 0 Å². The normalized spacial score (nSPS) is 11.6. The van der Waals surface area contributed by atoms with Crippen LogP contribution < -0.4 is 10.1 Å². The highest BCUT2D eigenvalue weighted by molar-refractivity contribution is 9.10. The fraction of sp³-hybridized carbons (Fsp3) is 0.571. The summed E-state index contributed by atoms with van der Waals surface area (Å²) in [4.78, 5) is 0. The van der Waals surface area contributed by atoms with Crippen LogP contribution in [0.2, 0.25) is 0 Å². The van der Waals surface area contributed by atoms with Gasteiger partial charge < -0.3 is 10.1 Å². The lowest BCUT2D eigenvalue weighted by atomic mass is 9.92. The zero-order valence-electron chi connectivity index (χ0n) is 11.2. The topological polar surface area (TPSA) is 21.3 Å². The van der Waals surface area contributed by atoms with E-state index in [1.807, 2.05) is 0 Å². The van der Waals surface area contributed by atoms with Gasteiger partial charge in [-0.3, -0.25) is 0 Å². The Kier molecular flexibility index (Phi) is 6.09. The first kappa shape index (κ1) is 15.4. The lowest BCUT2D eigenvalue weighted by Crippen LogP contribution is -2.25. The van der Waals surface area contributed by atoms with Crippen LogP contribution in [0.25, 0.3) is 0 Å². The molecule has 0 saturated carbocycles. The van der Waals surface area contributed by atoms with E-state index in [1.165, 1.54) is 6.07 Å². The molecule has 0 bridgehead atoms. The molecule has 1 rings (SSSR count). The molecule has 0 fully saturated rings. The molecule has 1 aromatic rings. The summed E-state index contributed by atoms with van der Waals surface area (Å²) < 4.78 is 19.5. The zero-order valence-corrected chi connectivity index (χ0v) is 12.8. The third kappa shape index (κ3) is 6.36. The van der Waals surface area contributed by atoms with E-state index in [2.05, 4.69) is 42.0 Å². The van der Waals surface area contributed by atoms with Crippen LogP contribution in [0.3, 0.4) is 0 Å². The smallest absolute Gasteiger partial charge is 0.166 e. The molecule has 0 atom stereocenters. The van der Waals surface area contributed by atoms with Gasteiger partial charge >= 0.3 is 0 Å². The monoisotopic (exact) mass is 317 g/mol. The maximum atomic E-state index is 13.4. The number of hydrogen-bond acceptors (Lipinski definition) is 2. The van der Waals surface area contributed by atoms with Gasteiger partial charge in [0.2, 0.25) is 0 Å². The molecule has 0 aliphatic heterocycles. The van der Waals surface area contributed by atoms with Crippen molar-refractivity contribution in [1.82, 2.24) is 5.32 Å². The molecule has 18 heavy (non-hydrogen) atoms. The summed E-state index contributed by atoms with van der Waals surface area (Å²) >= 11 is 3.21. The zero-order chi connectivity index (χ0) is 13.6. The van der Waals surface area contributed by atoms with Gasteiger partial charge in [0.25, 0.3) is 0 Å². The first-order valence-electron chi connectivity index (χ1n) is 6.17. The summed E-state index contributed by atoms with van der Waals surface area (Å²) in [6, 6.07) is 4.81. The van der Waals surface area contributed by atoms with Crippen molar-refractivity contribution in [3.05, 3.63) is 28.5 Å². The minimum Gasteiger partial charge on any atom is -0.489 e. The molecule has 0 aliphatic rings. The summed E-state index contributed by atoms with van der Waals surface area (Å²) in [6.45, 7) is 8.79. The first-order chi connectivity index (χ1) is 8.38. The second kappa shape index (κ2) is 7.10. The van der Waals surface area contributed by atoms with Gasteiger partial charge in [-0.2, -0.15) is 0 Å². The Morgan fingerprint density at radius 2 is 2.00 bits per heavy atom. The number of benzene rings is 1. The molecule has 0 unspecified atom stereocenters. The maximum Gasteiger partial charge on any atom is 0.166 e. The van der Waals surface area contributed by atoms with Crippen molar-refractivity contribution in [3.8, 4) is 5.75 Å². The molecule has 2 nitrogen and oxygen atoms in total. The molecule has 0 radical (unpaired) electrons. The van der Waals surface area contributed by atoms with E-state index in [1.54, 1.807) is 12.1 Å². The van der Waals surface area contributed by atoms with E-state index < -0.39 is 0 Å². The lowest BCUT2D eigenvalue weighted by molar-refractivity contribution is 0.291. The molecular formula is C14H21BrFNO.